The van der Waals surface area contributed by atoms with Crippen molar-refractivity contribution in [3.05, 3.63) is 87.3 Å². The minimum atomic E-state index is -0.150. The fraction of sp³-hybridized carbons (Fsp3) is 0.190. The third-order valence-corrected chi connectivity index (χ3v) is 4.71. The summed E-state index contributed by atoms with van der Waals surface area (Å²) >= 11 is 0. The Morgan fingerprint density at radius 1 is 1.18 bits per heavy atom. The Morgan fingerprint density at radius 2 is 1.96 bits per heavy atom. The molecule has 0 aliphatic carbocycles. The van der Waals surface area contributed by atoms with Crippen molar-refractivity contribution in [2.75, 3.05) is 12.0 Å². The third-order valence-electron chi connectivity index (χ3n) is 4.71. The van der Waals surface area contributed by atoms with Gasteiger partial charge in [0.1, 0.15) is 5.75 Å². The highest BCUT2D eigenvalue weighted by atomic mass is 16.3. The number of nitrogens with one attached hydrogen (secondary N) is 2. The molecule has 28 heavy (non-hydrogen) atoms. The Kier molecular flexibility index (Phi) is 5.16. The van der Waals surface area contributed by atoms with Gasteiger partial charge in [-0.3, -0.25) is 14.7 Å². The number of fused-ring (bicyclic) bond motifs is 1. The van der Waals surface area contributed by atoms with Crippen LogP contribution in [0.25, 0.3) is 0 Å². The van der Waals surface area contributed by atoms with E-state index in [4.69, 9.17) is 0 Å². The number of nitrogens with zero attached hydrogens (tertiary/aromatic N) is 3. The Bertz CT molecular complexity index is 1050. The standard InChI is InChI=1S/C21H21N5O2/c27-19-9-5-4-8-16(19)12-22-25-21-23-18-10-11-26(14-17(18)20(28)24-21)13-15-6-2-1-3-7-15/h1-9,12,27H,10-11,13-14H2,(H2,23,24,25,28)/b22-12-. The number of para-hydroxylation sites is 1. The number of aromatic nitrogens is 2. The van der Waals surface area contributed by atoms with E-state index in [2.05, 4.69) is 37.5 Å². The molecule has 0 saturated carbocycles. The highest BCUT2D eigenvalue weighted by Gasteiger charge is 2.21. The molecule has 0 bridgehead atoms. The molecule has 0 radical (unpaired) electrons. The van der Waals surface area contributed by atoms with Gasteiger partial charge >= 0.3 is 0 Å². The second kappa shape index (κ2) is 8.06. The lowest BCUT2D eigenvalue weighted by atomic mass is 10.1. The molecule has 3 aromatic rings. The maximum atomic E-state index is 12.5. The molecule has 0 unspecified atom stereocenters. The van der Waals surface area contributed by atoms with Crippen LogP contribution < -0.4 is 11.0 Å². The SMILES string of the molecule is O=c1[nH]c(N/N=C\c2ccccc2O)nc2c1CN(Cc1ccccc1)CC2. The van der Waals surface area contributed by atoms with Gasteiger partial charge in [-0.2, -0.15) is 5.10 Å². The number of aromatic amines is 1. The van der Waals surface area contributed by atoms with E-state index in [0.717, 1.165) is 18.8 Å². The molecule has 0 fully saturated rings. The van der Waals surface area contributed by atoms with Gasteiger partial charge in [0.15, 0.2) is 0 Å². The molecule has 1 aromatic heterocycles. The van der Waals surface area contributed by atoms with E-state index >= 15 is 0 Å². The van der Waals surface area contributed by atoms with Crippen molar-refractivity contribution in [1.29, 1.82) is 0 Å². The quantitative estimate of drug-likeness (QED) is 0.471. The van der Waals surface area contributed by atoms with Gasteiger partial charge in [0.25, 0.3) is 5.56 Å². The molecule has 7 heteroatoms. The highest BCUT2D eigenvalue weighted by molar-refractivity contribution is 5.83. The van der Waals surface area contributed by atoms with Gasteiger partial charge in [0.2, 0.25) is 5.95 Å². The zero-order valence-corrected chi connectivity index (χ0v) is 15.3. The first-order chi connectivity index (χ1) is 13.7. The second-order valence-corrected chi connectivity index (χ2v) is 6.71. The molecule has 142 valence electrons. The molecule has 0 amide bonds. The molecule has 3 N–H and O–H groups in total. The van der Waals surface area contributed by atoms with Gasteiger partial charge in [0, 0.05) is 31.6 Å². The van der Waals surface area contributed by atoms with Crippen molar-refractivity contribution in [1.82, 2.24) is 14.9 Å². The lowest BCUT2D eigenvalue weighted by Crippen LogP contribution is -2.35. The molecule has 4 rings (SSSR count). The van der Waals surface area contributed by atoms with Gasteiger partial charge in [-0.25, -0.2) is 10.4 Å². The van der Waals surface area contributed by atoms with Gasteiger partial charge in [-0.05, 0) is 17.7 Å². The molecule has 1 aliphatic heterocycles. The van der Waals surface area contributed by atoms with Crippen molar-refractivity contribution in [2.45, 2.75) is 19.5 Å². The van der Waals surface area contributed by atoms with E-state index < -0.39 is 0 Å². The summed E-state index contributed by atoms with van der Waals surface area (Å²) in [6, 6.07) is 17.1. The molecule has 0 atom stereocenters. The van der Waals surface area contributed by atoms with Gasteiger partial charge in [-0.15, -0.1) is 0 Å². The predicted molar refractivity (Wildman–Crippen MR) is 108 cm³/mol. The summed E-state index contributed by atoms with van der Waals surface area (Å²) < 4.78 is 0. The summed E-state index contributed by atoms with van der Waals surface area (Å²) in [5.41, 5.74) is 5.90. The van der Waals surface area contributed by atoms with E-state index in [1.54, 1.807) is 24.3 Å². The zero-order valence-electron chi connectivity index (χ0n) is 15.3. The van der Waals surface area contributed by atoms with E-state index in [1.807, 2.05) is 18.2 Å². The zero-order chi connectivity index (χ0) is 19.3. The van der Waals surface area contributed by atoms with E-state index in [0.29, 0.717) is 30.0 Å². The monoisotopic (exact) mass is 375 g/mol. The van der Waals surface area contributed by atoms with Gasteiger partial charge < -0.3 is 5.11 Å². The summed E-state index contributed by atoms with van der Waals surface area (Å²) in [5.74, 6) is 0.436. The van der Waals surface area contributed by atoms with Gasteiger partial charge in [0.05, 0.1) is 17.5 Å². The largest absolute Gasteiger partial charge is 0.507 e. The number of anilines is 1. The second-order valence-electron chi connectivity index (χ2n) is 6.71. The first-order valence-electron chi connectivity index (χ1n) is 9.14. The number of hydrogen-bond donors (Lipinski definition) is 3. The smallest absolute Gasteiger partial charge is 0.257 e. The number of benzene rings is 2. The van der Waals surface area contributed by atoms with E-state index in [1.165, 1.54) is 11.8 Å². The molecular formula is C21H21N5O2. The first kappa shape index (κ1) is 17.9. The predicted octanol–water partition coefficient (Wildman–Crippen LogP) is 2.48. The molecule has 0 saturated heterocycles. The Morgan fingerprint density at radius 3 is 2.79 bits per heavy atom. The van der Waals surface area contributed by atoms with Crippen molar-refractivity contribution >= 4 is 12.2 Å². The first-order valence-corrected chi connectivity index (χ1v) is 9.14. The van der Waals surface area contributed by atoms with Crippen molar-refractivity contribution in [3.63, 3.8) is 0 Å². The number of phenolic OH excluding ortho intramolecular Hbond substituents is 1. The fourth-order valence-corrected chi connectivity index (χ4v) is 3.27. The normalized spacial score (nSPS) is 14.1. The van der Waals surface area contributed by atoms with E-state index in [9.17, 15) is 9.90 Å². The lowest BCUT2D eigenvalue weighted by Gasteiger charge is -2.27. The van der Waals surface area contributed by atoms with Crippen LogP contribution in [0.3, 0.4) is 0 Å². The van der Waals surface area contributed by atoms with Crippen LogP contribution >= 0.6 is 0 Å². The van der Waals surface area contributed by atoms with Crippen LogP contribution in [0.15, 0.2) is 64.5 Å². The van der Waals surface area contributed by atoms with Crippen LogP contribution in [0, 0.1) is 0 Å². The lowest BCUT2D eigenvalue weighted by molar-refractivity contribution is 0.242. The number of phenols is 1. The van der Waals surface area contributed by atoms with Crippen LogP contribution in [-0.2, 0) is 19.5 Å². The molecule has 2 aromatic carbocycles. The molecule has 2 heterocycles. The van der Waals surface area contributed by atoms with Crippen LogP contribution in [-0.4, -0.2) is 32.7 Å². The van der Waals surface area contributed by atoms with Crippen molar-refractivity contribution in [2.24, 2.45) is 5.10 Å². The molecule has 0 spiro atoms. The average Bonchev–Trinajstić information content (AvgIpc) is 2.71. The third kappa shape index (κ3) is 4.10. The Balaban J connectivity index is 1.45. The number of H-pyrrole nitrogens is 1. The fourth-order valence-electron chi connectivity index (χ4n) is 3.27. The summed E-state index contributed by atoms with van der Waals surface area (Å²) in [5, 5.41) is 13.8. The Hall–Kier alpha value is -3.45. The van der Waals surface area contributed by atoms with Gasteiger partial charge in [-0.1, -0.05) is 42.5 Å². The summed E-state index contributed by atoms with van der Waals surface area (Å²) in [4.78, 5) is 22.0. The van der Waals surface area contributed by atoms with Crippen LogP contribution in [0.2, 0.25) is 0 Å². The number of hydrazone groups is 1. The topological polar surface area (TPSA) is 93.6 Å². The number of rotatable bonds is 5. The minimum absolute atomic E-state index is 0.137. The average molecular weight is 375 g/mol. The van der Waals surface area contributed by atoms with Crippen LogP contribution in [0.5, 0.6) is 5.75 Å². The molecular weight excluding hydrogens is 354 g/mol. The minimum Gasteiger partial charge on any atom is -0.507 e. The molecule has 1 aliphatic rings. The molecule has 7 nitrogen and oxygen atoms in total. The number of aromatic hydroxyl groups is 1. The van der Waals surface area contributed by atoms with E-state index in [-0.39, 0.29) is 11.3 Å². The van der Waals surface area contributed by atoms with Crippen molar-refractivity contribution < 1.29 is 5.11 Å². The summed E-state index contributed by atoms with van der Waals surface area (Å²) in [7, 11) is 0. The summed E-state index contributed by atoms with van der Waals surface area (Å²) in [6.45, 7) is 2.23. The maximum absolute atomic E-state index is 12.5. The van der Waals surface area contributed by atoms with Crippen LogP contribution in [0.1, 0.15) is 22.4 Å². The number of hydrogen-bond acceptors (Lipinski definition) is 6. The Labute approximate surface area is 162 Å². The highest BCUT2D eigenvalue weighted by Crippen LogP contribution is 2.17. The summed E-state index contributed by atoms with van der Waals surface area (Å²) in [6.07, 6.45) is 2.19. The van der Waals surface area contributed by atoms with Crippen molar-refractivity contribution in [3.8, 4) is 5.75 Å². The maximum Gasteiger partial charge on any atom is 0.257 e. The van der Waals surface area contributed by atoms with Crippen LogP contribution in [0.4, 0.5) is 5.95 Å².